The fourth-order valence-electron chi connectivity index (χ4n) is 1.47. The van der Waals surface area contributed by atoms with E-state index in [9.17, 15) is 4.79 Å². The maximum Gasteiger partial charge on any atom is 0.326 e. The van der Waals surface area contributed by atoms with E-state index in [0.717, 1.165) is 0 Å². The van der Waals surface area contributed by atoms with Gasteiger partial charge in [-0.2, -0.15) is 0 Å². The van der Waals surface area contributed by atoms with E-state index in [4.69, 9.17) is 14.6 Å². The van der Waals surface area contributed by atoms with Gasteiger partial charge in [0.15, 0.2) is 11.5 Å². The molecule has 0 aliphatic carbocycles. The van der Waals surface area contributed by atoms with Gasteiger partial charge in [-0.3, -0.25) is 0 Å². The summed E-state index contributed by atoms with van der Waals surface area (Å²) in [6.07, 6.45) is 0.504. The Morgan fingerprint density at radius 2 is 2.00 bits per heavy atom. The van der Waals surface area contributed by atoms with Gasteiger partial charge < -0.3 is 19.9 Å². The van der Waals surface area contributed by atoms with Gasteiger partial charge in [-0.05, 0) is 18.6 Å². The minimum Gasteiger partial charge on any atom is -0.493 e. The first-order valence-electron chi connectivity index (χ1n) is 5.33. The lowest BCUT2D eigenvalue weighted by Gasteiger charge is -2.15. The SMILES string of the molecule is CCC(Nc1ccc(OC)c(OC)c1)C(=O)O. The van der Waals surface area contributed by atoms with Crippen molar-refractivity contribution in [2.75, 3.05) is 19.5 Å². The van der Waals surface area contributed by atoms with E-state index in [0.29, 0.717) is 23.6 Å². The molecule has 0 aromatic heterocycles. The Kier molecular flexibility index (Phi) is 4.63. The Morgan fingerprint density at radius 3 is 2.47 bits per heavy atom. The summed E-state index contributed by atoms with van der Waals surface area (Å²) in [4.78, 5) is 10.9. The molecule has 1 aromatic rings. The van der Waals surface area contributed by atoms with Gasteiger partial charge in [-0.25, -0.2) is 4.79 Å². The lowest BCUT2D eigenvalue weighted by atomic mass is 10.2. The Hall–Kier alpha value is -1.91. The van der Waals surface area contributed by atoms with E-state index in [1.54, 1.807) is 25.3 Å². The van der Waals surface area contributed by atoms with E-state index in [1.165, 1.54) is 7.11 Å². The molecular formula is C12H17NO4. The van der Waals surface area contributed by atoms with Crippen molar-refractivity contribution in [1.82, 2.24) is 0 Å². The van der Waals surface area contributed by atoms with Gasteiger partial charge in [-0.15, -0.1) is 0 Å². The van der Waals surface area contributed by atoms with E-state index < -0.39 is 12.0 Å². The van der Waals surface area contributed by atoms with E-state index in [-0.39, 0.29) is 0 Å². The summed E-state index contributed by atoms with van der Waals surface area (Å²) in [7, 11) is 3.09. The van der Waals surface area contributed by atoms with Crippen molar-refractivity contribution >= 4 is 11.7 Å². The smallest absolute Gasteiger partial charge is 0.326 e. The molecule has 1 rings (SSSR count). The molecule has 0 bridgehead atoms. The first-order chi connectivity index (χ1) is 8.12. The van der Waals surface area contributed by atoms with Crippen LogP contribution >= 0.6 is 0 Å². The second-order valence-electron chi connectivity index (χ2n) is 3.51. The number of methoxy groups -OCH3 is 2. The molecule has 1 aromatic carbocycles. The van der Waals surface area contributed by atoms with Crippen LogP contribution in [0.3, 0.4) is 0 Å². The summed E-state index contributed by atoms with van der Waals surface area (Å²) in [5.74, 6) is 0.307. The summed E-state index contributed by atoms with van der Waals surface area (Å²) >= 11 is 0. The minimum atomic E-state index is -0.873. The molecule has 0 radical (unpaired) electrons. The highest BCUT2D eigenvalue weighted by atomic mass is 16.5. The highest BCUT2D eigenvalue weighted by molar-refractivity contribution is 5.77. The molecule has 0 aliphatic rings. The molecule has 0 amide bonds. The van der Waals surface area contributed by atoms with E-state index in [1.807, 2.05) is 6.92 Å². The van der Waals surface area contributed by atoms with Crippen LogP contribution in [0.1, 0.15) is 13.3 Å². The zero-order chi connectivity index (χ0) is 12.8. The molecule has 94 valence electrons. The van der Waals surface area contributed by atoms with Crippen LogP contribution in [0.5, 0.6) is 11.5 Å². The molecule has 17 heavy (non-hydrogen) atoms. The molecule has 0 aliphatic heterocycles. The summed E-state index contributed by atoms with van der Waals surface area (Å²) in [6.45, 7) is 1.81. The van der Waals surface area contributed by atoms with Gasteiger partial charge in [0.25, 0.3) is 0 Å². The predicted octanol–water partition coefficient (Wildman–Crippen LogP) is 1.98. The number of carbonyl (C=O) groups is 1. The van der Waals surface area contributed by atoms with Gasteiger partial charge in [0.05, 0.1) is 14.2 Å². The second kappa shape index (κ2) is 5.98. The van der Waals surface area contributed by atoms with Crippen LogP contribution in [0.25, 0.3) is 0 Å². The zero-order valence-electron chi connectivity index (χ0n) is 10.2. The maximum absolute atomic E-state index is 10.9. The van der Waals surface area contributed by atoms with Crippen LogP contribution in [-0.4, -0.2) is 31.3 Å². The number of aliphatic carboxylic acids is 1. The number of nitrogens with one attached hydrogen (secondary N) is 1. The fraction of sp³-hybridized carbons (Fsp3) is 0.417. The predicted molar refractivity (Wildman–Crippen MR) is 64.9 cm³/mol. The van der Waals surface area contributed by atoms with Crippen LogP contribution < -0.4 is 14.8 Å². The molecule has 0 saturated heterocycles. The van der Waals surface area contributed by atoms with Crippen LogP contribution in [0, 0.1) is 0 Å². The summed E-state index contributed by atoms with van der Waals surface area (Å²) in [5, 5.41) is 11.9. The number of carboxylic acid groups (broad SMARTS) is 1. The van der Waals surface area contributed by atoms with Crippen LogP contribution in [0.4, 0.5) is 5.69 Å². The van der Waals surface area contributed by atoms with Crippen molar-refractivity contribution in [2.45, 2.75) is 19.4 Å². The topological polar surface area (TPSA) is 67.8 Å². The summed E-state index contributed by atoms with van der Waals surface area (Å²) in [5.41, 5.74) is 0.692. The maximum atomic E-state index is 10.9. The van der Waals surface area contributed by atoms with Crippen molar-refractivity contribution in [3.8, 4) is 11.5 Å². The van der Waals surface area contributed by atoms with Gasteiger partial charge in [0, 0.05) is 11.8 Å². The molecule has 2 N–H and O–H groups in total. The third kappa shape index (κ3) is 3.27. The molecule has 0 spiro atoms. The highest BCUT2D eigenvalue weighted by Crippen LogP contribution is 2.30. The molecule has 1 unspecified atom stereocenters. The average Bonchev–Trinajstić information content (AvgIpc) is 2.35. The first-order valence-corrected chi connectivity index (χ1v) is 5.33. The van der Waals surface area contributed by atoms with Crippen molar-refractivity contribution in [3.05, 3.63) is 18.2 Å². The number of hydrogen-bond acceptors (Lipinski definition) is 4. The van der Waals surface area contributed by atoms with Gasteiger partial charge in [0.1, 0.15) is 6.04 Å². The number of hydrogen-bond donors (Lipinski definition) is 2. The Labute approximate surface area is 100 Å². The first kappa shape index (κ1) is 13.2. The molecule has 5 nitrogen and oxygen atoms in total. The van der Waals surface area contributed by atoms with E-state index >= 15 is 0 Å². The van der Waals surface area contributed by atoms with Crippen LogP contribution in [0.15, 0.2) is 18.2 Å². The van der Waals surface area contributed by atoms with Gasteiger partial charge in [-0.1, -0.05) is 6.92 Å². The van der Waals surface area contributed by atoms with Crippen molar-refractivity contribution in [2.24, 2.45) is 0 Å². The second-order valence-corrected chi connectivity index (χ2v) is 3.51. The molecule has 0 saturated carbocycles. The number of benzene rings is 1. The Bertz CT molecular complexity index is 392. The van der Waals surface area contributed by atoms with Crippen molar-refractivity contribution in [3.63, 3.8) is 0 Å². The normalized spacial score (nSPS) is 11.7. The monoisotopic (exact) mass is 239 g/mol. The lowest BCUT2D eigenvalue weighted by Crippen LogP contribution is -2.28. The summed E-state index contributed by atoms with van der Waals surface area (Å²) < 4.78 is 10.2. The zero-order valence-corrected chi connectivity index (χ0v) is 10.2. The highest BCUT2D eigenvalue weighted by Gasteiger charge is 2.15. The van der Waals surface area contributed by atoms with Gasteiger partial charge >= 0.3 is 5.97 Å². The largest absolute Gasteiger partial charge is 0.493 e. The third-order valence-corrected chi connectivity index (χ3v) is 2.43. The summed E-state index contributed by atoms with van der Waals surface area (Å²) in [6, 6.07) is 4.60. The lowest BCUT2D eigenvalue weighted by molar-refractivity contribution is -0.137. The molecule has 1 atom stereocenters. The minimum absolute atomic E-state index is 0.504. The Morgan fingerprint density at radius 1 is 1.35 bits per heavy atom. The molecular weight excluding hydrogens is 222 g/mol. The number of rotatable bonds is 6. The molecule has 0 fully saturated rings. The molecule has 0 heterocycles. The Balaban J connectivity index is 2.88. The van der Waals surface area contributed by atoms with Crippen LogP contribution in [0.2, 0.25) is 0 Å². The average molecular weight is 239 g/mol. The molecule has 5 heteroatoms. The third-order valence-electron chi connectivity index (χ3n) is 2.43. The van der Waals surface area contributed by atoms with Crippen molar-refractivity contribution in [1.29, 1.82) is 0 Å². The van der Waals surface area contributed by atoms with Crippen LogP contribution in [-0.2, 0) is 4.79 Å². The standard InChI is InChI=1S/C12H17NO4/c1-4-9(12(14)15)13-8-5-6-10(16-2)11(7-8)17-3/h5-7,9,13H,4H2,1-3H3,(H,14,15). The number of carboxylic acids is 1. The number of anilines is 1. The fourth-order valence-corrected chi connectivity index (χ4v) is 1.47. The quantitative estimate of drug-likeness (QED) is 0.794. The van der Waals surface area contributed by atoms with Gasteiger partial charge in [0.2, 0.25) is 0 Å². The van der Waals surface area contributed by atoms with E-state index in [2.05, 4.69) is 5.32 Å². The van der Waals surface area contributed by atoms with Crippen molar-refractivity contribution < 1.29 is 19.4 Å². The number of ether oxygens (including phenoxy) is 2.